The summed E-state index contributed by atoms with van der Waals surface area (Å²) in [6.45, 7) is 4.13. The molecule has 0 unspecified atom stereocenters. The van der Waals surface area contributed by atoms with E-state index in [1.54, 1.807) is 35.5 Å². The standard InChI is InChI=1S/C16H19ClN4O2S/c1-9(2)21(3)16(23)10-4-5-11(17)12(6-10)20-15(22)13-8-24-14(7-18)19-13/h4-6,8-9H,7,18H2,1-3H3,(H,20,22). The number of nitrogens with zero attached hydrogens (tertiary/aromatic N) is 2. The van der Waals surface area contributed by atoms with E-state index < -0.39 is 5.91 Å². The van der Waals surface area contributed by atoms with E-state index in [1.165, 1.54) is 11.3 Å². The fraction of sp³-hybridized carbons (Fsp3) is 0.312. The van der Waals surface area contributed by atoms with Crippen LogP contribution in [-0.2, 0) is 6.54 Å². The molecule has 0 radical (unpaired) electrons. The van der Waals surface area contributed by atoms with Gasteiger partial charge in [-0.15, -0.1) is 11.3 Å². The summed E-state index contributed by atoms with van der Waals surface area (Å²) in [5, 5.41) is 5.34. The molecule has 1 aromatic carbocycles. The highest BCUT2D eigenvalue weighted by Gasteiger charge is 2.17. The molecule has 0 fully saturated rings. The maximum Gasteiger partial charge on any atom is 0.275 e. The molecule has 128 valence electrons. The number of aromatic nitrogens is 1. The normalized spacial score (nSPS) is 10.8. The third kappa shape index (κ3) is 4.11. The molecule has 0 bridgehead atoms. The van der Waals surface area contributed by atoms with E-state index in [1.807, 2.05) is 13.8 Å². The minimum Gasteiger partial charge on any atom is -0.339 e. The van der Waals surface area contributed by atoms with Crippen molar-refractivity contribution >= 4 is 40.4 Å². The average Bonchev–Trinajstić information content (AvgIpc) is 3.04. The van der Waals surface area contributed by atoms with Gasteiger partial charge in [-0.3, -0.25) is 9.59 Å². The largest absolute Gasteiger partial charge is 0.339 e. The van der Waals surface area contributed by atoms with Crippen LogP contribution in [0.1, 0.15) is 39.7 Å². The molecule has 0 aliphatic carbocycles. The van der Waals surface area contributed by atoms with E-state index in [0.29, 0.717) is 21.3 Å². The number of carbonyl (C=O) groups is 2. The van der Waals surface area contributed by atoms with Crippen molar-refractivity contribution in [1.82, 2.24) is 9.88 Å². The molecule has 3 N–H and O–H groups in total. The highest BCUT2D eigenvalue weighted by molar-refractivity contribution is 7.09. The first-order chi connectivity index (χ1) is 11.3. The summed E-state index contributed by atoms with van der Waals surface area (Å²) in [5.41, 5.74) is 6.59. The molecule has 1 heterocycles. The predicted molar refractivity (Wildman–Crippen MR) is 96.6 cm³/mol. The predicted octanol–water partition coefficient (Wildman–Crippen LogP) is 2.99. The lowest BCUT2D eigenvalue weighted by atomic mass is 10.1. The third-order valence-corrected chi connectivity index (χ3v) is 4.72. The SMILES string of the molecule is CC(C)N(C)C(=O)c1ccc(Cl)c(NC(=O)c2csc(CN)n2)c1. The summed E-state index contributed by atoms with van der Waals surface area (Å²) in [5.74, 6) is -0.536. The van der Waals surface area contributed by atoms with E-state index >= 15 is 0 Å². The molecule has 2 amide bonds. The average molecular weight is 367 g/mol. The Morgan fingerprint density at radius 1 is 1.42 bits per heavy atom. The zero-order chi connectivity index (χ0) is 17.9. The Balaban J connectivity index is 2.22. The van der Waals surface area contributed by atoms with Gasteiger partial charge in [0, 0.05) is 30.6 Å². The molecule has 2 aromatic rings. The fourth-order valence-corrected chi connectivity index (χ4v) is 2.71. The number of hydrogen-bond donors (Lipinski definition) is 2. The van der Waals surface area contributed by atoms with Gasteiger partial charge in [0.2, 0.25) is 0 Å². The van der Waals surface area contributed by atoms with Crippen LogP contribution in [0.25, 0.3) is 0 Å². The van der Waals surface area contributed by atoms with Crippen molar-refractivity contribution < 1.29 is 9.59 Å². The van der Waals surface area contributed by atoms with E-state index in [-0.39, 0.29) is 24.2 Å². The molecule has 6 nitrogen and oxygen atoms in total. The Morgan fingerprint density at radius 2 is 2.12 bits per heavy atom. The summed E-state index contributed by atoms with van der Waals surface area (Å²) in [7, 11) is 1.73. The number of halogens is 1. The Kier molecular flexibility index (Phi) is 5.93. The van der Waals surface area contributed by atoms with Crippen molar-refractivity contribution in [2.24, 2.45) is 5.73 Å². The van der Waals surface area contributed by atoms with Crippen LogP contribution in [0.5, 0.6) is 0 Å². The number of nitrogens with two attached hydrogens (primary N) is 1. The molecule has 1 aromatic heterocycles. The molecule has 0 spiro atoms. The Labute approximate surface area is 149 Å². The van der Waals surface area contributed by atoms with E-state index in [2.05, 4.69) is 10.3 Å². The number of thiazole rings is 1. The smallest absolute Gasteiger partial charge is 0.275 e. The molecular formula is C16H19ClN4O2S. The van der Waals surface area contributed by atoms with Crippen LogP contribution in [0, 0.1) is 0 Å². The number of carbonyl (C=O) groups excluding carboxylic acids is 2. The third-order valence-electron chi connectivity index (χ3n) is 3.52. The Hall–Kier alpha value is -1.96. The number of amides is 2. The van der Waals surface area contributed by atoms with Crippen LogP contribution in [0.4, 0.5) is 5.69 Å². The number of rotatable bonds is 5. The fourth-order valence-electron chi connectivity index (χ4n) is 1.89. The first kappa shape index (κ1) is 18.4. The van der Waals surface area contributed by atoms with Crippen LogP contribution in [0.15, 0.2) is 23.6 Å². The van der Waals surface area contributed by atoms with Crippen LogP contribution in [0.3, 0.4) is 0 Å². The number of benzene rings is 1. The number of nitrogens with one attached hydrogen (secondary N) is 1. The van der Waals surface area contributed by atoms with Gasteiger partial charge in [-0.25, -0.2) is 4.98 Å². The molecule has 0 aliphatic heterocycles. The van der Waals surface area contributed by atoms with E-state index in [9.17, 15) is 9.59 Å². The van der Waals surface area contributed by atoms with Crippen molar-refractivity contribution in [3.05, 3.63) is 44.9 Å². The number of hydrogen-bond acceptors (Lipinski definition) is 5. The van der Waals surface area contributed by atoms with Gasteiger partial charge in [0.05, 0.1) is 10.7 Å². The molecule has 0 atom stereocenters. The van der Waals surface area contributed by atoms with Gasteiger partial charge in [-0.2, -0.15) is 0 Å². The second kappa shape index (κ2) is 7.74. The summed E-state index contributed by atoms with van der Waals surface area (Å²) in [4.78, 5) is 30.4. The molecule has 8 heteroatoms. The minimum absolute atomic E-state index is 0.0657. The molecule has 0 saturated carbocycles. The maximum atomic E-state index is 12.4. The highest BCUT2D eigenvalue weighted by atomic mass is 35.5. The molecule has 2 rings (SSSR count). The lowest BCUT2D eigenvalue weighted by molar-refractivity contribution is 0.0754. The topological polar surface area (TPSA) is 88.3 Å². The highest BCUT2D eigenvalue weighted by Crippen LogP contribution is 2.25. The van der Waals surface area contributed by atoms with Crippen LogP contribution < -0.4 is 11.1 Å². The minimum atomic E-state index is -0.394. The monoisotopic (exact) mass is 366 g/mol. The van der Waals surface area contributed by atoms with Crippen LogP contribution in [0.2, 0.25) is 5.02 Å². The van der Waals surface area contributed by atoms with Crippen LogP contribution >= 0.6 is 22.9 Å². The van der Waals surface area contributed by atoms with Crippen molar-refractivity contribution in [1.29, 1.82) is 0 Å². The van der Waals surface area contributed by atoms with E-state index in [0.717, 1.165) is 0 Å². The molecule has 0 saturated heterocycles. The summed E-state index contributed by atoms with van der Waals surface area (Å²) < 4.78 is 0. The van der Waals surface area contributed by atoms with Gasteiger partial charge in [-0.1, -0.05) is 11.6 Å². The summed E-state index contributed by atoms with van der Waals surface area (Å²) in [6, 6.07) is 4.85. The second-order valence-electron chi connectivity index (χ2n) is 5.49. The van der Waals surface area contributed by atoms with Gasteiger partial charge in [0.25, 0.3) is 11.8 Å². The summed E-state index contributed by atoms with van der Waals surface area (Å²) in [6.07, 6.45) is 0. The van der Waals surface area contributed by atoms with E-state index in [4.69, 9.17) is 17.3 Å². The zero-order valence-electron chi connectivity index (χ0n) is 13.7. The zero-order valence-corrected chi connectivity index (χ0v) is 15.2. The molecular weight excluding hydrogens is 348 g/mol. The van der Waals surface area contributed by atoms with Gasteiger partial charge >= 0.3 is 0 Å². The van der Waals surface area contributed by atoms with Gasteiger partial charge in [0.1, 0.15) is 10.7 Å². The van der Waals surface area contributed by atoms with Crippen molar-refractivity contribution in [2.75, 3.05) is 12.4 Å². The molecule has 0 aliphatic rings. The quantitative estimate of drug-likeness (QED) is 0.851. The van der Waals surface area contributed by atoms with Crippen LogP contribution in [-0.4, -0.2) is 34.8 Å². The Morgan fingerprint density at radius 3 is 2.71 bits per heavy atom. The molecule has 24 heavy (non-hydrogen) atoms. The lowest BCUT2D eigenvalue weighted by Gasteiger charge is -2.21. The Bertz CT molecular complexity index is 760. The lowest BCUT2D eigenvalue weighted by Crippen LogP contribution is -2.33. The van der Waals surface area contributed by atoms with Gasteiger partial charge < -0.3 is 16.0 Å². The first-order valence-electron chi connectivity index (χ1n) is 7.36. The maximum absolute atomic E-state index is 12.4. The first-order valence-corrected chi connectivity index (χ1v) is 8.61. The van der Waals surface area contributed by atoms with Crippen molar-refractivity contribution in [3.8, 4) is 0 Å². The summed E-state index contributed by atoms with van der Waals surface area (Å²) >= 11 is 7.45. The number of anilines is 1. The van der Waals surface area contributed by atoms with Crippen molar-refractivity contribution in [3.63, 3.8) is 0 Å². The van der Waals surface area contributed by atoms with Crippen molar-refractivity contribution in [2.45, 2.75) is 26.4 Å². The second-order valence-corrected chi connectivity index (χ2v) is 6.84. The van der Waals surface area contributed by atoms with Gasteiger partial charge in [0.15, 0.2) is 0 Å². The van der Waals surface area contributed by atoms with Gasteiger partial charge in [-0.05, 0) is 32.0 Å².